The lowest BCUT2D eigenvalue weighted by Crippen LogP contribution is -2.22. The van der Waals surface area contributed by atoms with Gasteiger partial charge >= 0.3 is 0 Å². The first-order chi connectivity index (χ1) is 11.5. The van der Waals surface area contributed by atoms with E-state index in [1.54, 1.807) is 30.8 Å². The molecule has 0 spiro atoms. The quantitative estimate of drug-likeness (QED) is 0.673. The number of carbonyl (C=O) groups excluding carboxylic acids is 1. The molecule has 2 heterocycles. The number of nitrogen functional groups attached to an aromatic ring is 1. The van der Waals surface area contributed by atoms with Gasteiger partial charge in [-0.05, 0) is 33.6 Å². The highest BCUT2D eigenvalue weighted by Crippen LogP contribution is 2.37. The summed E-state index contributed by atoms with van der Waals surface area (Å²) >= 11 is 4.73. The summed E-state index contributed by atoms with van der Waals surface area (Å²) < 4.78 is 13.0. The Morgan fingerprint density at radius 1 is 1.33 bits per heavy atom. The molecule has 0 radical (unpaired) electrons. The SMILES string of the molecule is CS(=O)c1ccc(CNC(=O)c2sc3cncc(Br)c3c2N)cc1. The molecule has 0 aliphatic rings. The number of halogens is 1. The smallest absolute Gasteiger partial charge is 0.263 e. The number of nitrogens with one attached hydrogen (secondary N) is 1. The Labute approximate surface area is 153 Å². The van der Waals surface area contributed by atoms with Crippen LogP contribution in [-0.2, 0) is 17.3 Å². The van der Waals surface area contributed by atoms with Gasteiger partial charge in [-0.2, -0.15) is 0 Å². The van der Waals surface area contributed by atoms with E-state index in [2.05, 4.69) is 26.2 Å². The average Bonchev–Trinajstić information content (AvgIpc) is 2.91. The second kappa shape index (κ2) is 7.00. The fourth-order valence-electron chi connectivity index (χ4n) is 2.26. The molecule has 3 aromatic rings. The average molecular weight is 424 g/mol. The Morgan fingerprint density at radius 3 is 2.67 bits per heavy atom. The van der Waals surface area contributed by atoms with E-state index < -0.39 is 10.8 Å². The monoisotopic (exact) mass is 423 g/mol. The Morgan fingerprint density at radius 2 is 2.04 bits per heavy atom. The van der Waals surface area contributed by atoms with Crippen LogP contribution in [0.1, 0.15) is 15.2 Å². The molecule has 3 rings (SSSR count). The van der Waals surface area contributed by atoms with E-state index in [-0.39, 0.29) is 5.91 Å². The van der Waals surface area contributed by atoms with Gasteiger partial charge in [-0.1, -0.05) is 12.1 Å². The van der Waals surface area contributed by atoms with E-state index in [1.165, 1.54) is 11.3 Å². The molecule has 3 N–H and O–H groups in total. The number of nitrogens with two attached hydrogens (primary N) is 1. The van der Waals surface area contributed by atoms with Crippen molar-refractivity contribution in [1.82, 2.24) is 10.3 Å². The fraction of sp³-hybridized carbons (Fsp3) is 0.125. The highest BCUT2D eigenvalue weighted by atomic mass is 79.9. The van der Waals surface area contributed by atoms with E-state index in [0.717, 1.165) is 25.0 Å². The van der Waals surface area contributed by atoms with Gasteiger partial charge in [0.1, 0.15) is 4.88 Å². The number of thiophene rings is 1. The molecule has 0 aliphatic heterocycles. The zero-order valence-electron chi connectivity index (χ0n) is 12.7. The van der Waals surface area contributed by atoms with Crippen LogP contribution in [0.5, 0.6) is 0 Å². The van der Waals surface area contributed by atoms with Crippen LogP contribution in [0, 0.1) is 0 Å². The molecular formula is C16H14BrN3O2S2. The van der Waals surface area contributed by atoms with E-state index >= 15 is 0 Å². The summed E-state index contributed by atoms with van der Waals surface area (Å²) in [6, 6.07) is 7.31. The van der Waals surface area contributed by atoms with E-state index in [1.807, 2.05) is 12.1 Å². The summed E-state index contributed by atoms with van der Waals surface area (Å²) in [4.78, 5) is 17.8. The van der Waals surface area contributed by atoms with Crippen molar-refractivity contribution in [2.24, 2.45) is 0 Å². The number of hydrogen-bond acceptors (Lipinski definition) is 5. The van der Waals surface area contributed by atoms with Gasteiger partial charge in [0.05, 0.1) is 10.4 Å². The van der Waals surface area contributed by atoms with Crippen LogP contribution in [-0.4, -0.2) is 21.4 Å². The highest BCUT2D eigenvalue weighted by molar-refractivity contribution is 9.10. The number of amides is 1. The minimum atomic E-state index is -1.01. The Hall–Kier alpha value is -1.77. The third-order valence-corrected chi connectivity index (χ3v) is 6.18. The molecule has 1 atom stereocenters. The number of anilines is 1. The maximum atomic E-state index is 12.4. The van der Waals surface area contributed by atoms with Gasteiger partial charge in [0.15, 0.2) is 0 Å². The molecule has 24 heavy (non-hydrogen) atoms. The molecule has 2 aromatic heterocycles. The minimum absolute atomic E-state index is 0.219. The van der Waals surface area contributed by atoms with Crippen molar-refractivity contribution in [3.8, 4) is 0 Å². The second-order valence-corrected chi connectivity index (χ2v) is 8.41. The third kappa shape index (κ3) is 3.35. The normalized spacial score (nSPS) is 12.2. The van der Waals surface area contributed by atoms with Crippen LogP contribution >= 0.6 is 27.3 Å². The molecule has 124 valence electrons. The van der Waals surface area contributed by atoms with Crippen molar-refractivity contribution in [3.05, 3.63) is 51.6 Å². The van der Waals surface area contributed by atoms with Crippen LogP contribution in [0.4, 0.5) is 5.69 Å². The number of fused-ring (bicyclic) bond motifs is 1. The largest absolute Gasteiger partial charge is 0.397 e. The van der Waals surface area contributed by atoms with Gasteiger partial charge < -0.3 is 11.1 Å². The van der Waals surface area contributed by atoms with Gasteiger partial charge in [-0.15, -0.1) is 11.3 Å². The molecule has 1 amide bonds. The molecule has 0 saturated carbocycles. The summed E-state index contributed by atoms with van der Waals surface area (Å²) in [6.07, 6.45) is 4.99. The number of aromatic nitrogens is 1. The van der Waals surface area contributed by atoms with Crippen molar-refractivity contribution in [1.29, 1.82) is 0 Å². The Kier molecular flexibility index (Phi) is 4.98. The fourth-order valence-corrected chi connectivity index (χ4v) is 4.49. The van der Waals surface area contributed by atoms with E-state index in [0.29, 0.717) is 17.1 Å². The molecule has 0 fully saturated rings. The summed E-state index contributed by atoms with van der Waals surface area (Å²) in [6.45, 7) is 0.378. The number of nitrogens with zero attached hydrogens (tertiary/aromatic N) is 1. The highest BCUT2D eigenvalue weighted by Gasteiger charge is 2.18. The van der Waals surface area contributed by atoms with Crippen molar-refractivity contribution in [3.63, 3.8) is 0 Å². The molecule has 5 nitrogen and oxygen atoms in total. The lowest BCUT2D eigenvalue weighted by Gasteiger charge is -2.05. The first-order valence-corrected chi connectivity index (χ1v) is 10.2. The van der Waals surface area contributed by atoms with Gasteiger partial charge in [-0.25, -0.2) is 0 Å². The molecule has 0 bridgehead atoms. The lowest BCUT2D eigenvalue weighted by molar-refractivity contribution is 0.0956. The Balaban J connectivity index is 1.77. The number of pyridine rings is 1. The van der Waals surface area contributed by atoms with Gasteiger partial charge in [0.2, 0.25) is 0 Å². The zero-order valence-corrected chi connectivity index (χ0v) is 15.9. The minimum Gasteiger partial charge on any atom is -0.397 e. The topological polar surface area (TPSA) is 85.1 Å². The van der Waals surface area contributed by atoms with Gasteiger partial charge in [-0.3, -0.25) is 14.0 Å². The standard InChI is InChI=1S/C16H14BrN3O2S2/c1-24(22)10-4-2-9(3-5-10)6-20-16(21)15-14(18)13-11(17)7-19-8-12(13)23-15/h2-5,7-8H,6,18H2,1H3,(H,20,21). The summed E-state index contributed by atoms with van der Waals surface area (Å²) in [5.74, 6) is -0.219. The van der Waals surface area contributed by atoms with Crippen molar-refractivity contribution < 1.29 is 9.00 Å². The molecule has 0 saturated heterocycles. The van der Waals surface area contributed by atoms with Crippen LogP contribution in [0.3, 0.4) is 0 Å². The predicted octanol–water partition coefficient (Wildman–Crippen LogP) is 3.31. The molecular weight excluding hydrogens is 410 g/mol. The maximum Gasteiger partial charge on any atom is 0.263 e. The number of hydrogen-bond donors (Lipinski definition) is 2. The van der Waals surface area contributed by atoms with Crippen molar-refractivity contribution in [2.75, 3.05) is 12.0 Å². The van der Waals surface area contributed by atoms with Crippen LogP contribution < -0.4 is 11.1 Å². The van der Waals surface area contributed by atoms with Gasteiger partial charge in [0.25, 0.3) is 5.91 Å². The first-order valence-electron chi connectivity index (χ1n) is 6.99. The van der Waals surface area contributed by atoms with Crippen molar-refractivity contribution >= 4 is 59.7 Å². The van der Waals surface area contributed by atoms with E-state index in [9.17, 15) is 9.00 Å². The van der Waals surface area contributed by atoms with Crippen LogP contribution in [0.2, 0.25) is 0 Å². The second-order valence-electron chi connectivity index (χ2n) is 5.12. The number of benzene rings is 1. The molecule has 8 heteroatoms. The zero-order chi connectivity index (χ0) is 17.3. The Bertz CT molecular complexity index is 938. The van der Waals surface area contributed by atoms with Crippen molar-refractivity contribution in [2.45, 2.75) is 11.4 Å². The summed E-state index contributed by atoms with van der Waals surface area (Å²) in [5, 5.41) is 3.68. The first kappa shape index (κ1) is 17.1. The molecule has 1 aromatic carbocycles. The number of rotatable bonds is 4. The van der Waals surface area contributed by atoms with Gasteiger partial charge in [0, 0.05) is 50.7 Å². The molecule has 1 unspecified atom stereocenters. The summed E-state index contributed by atoms with van der Waals surface area (Å²) in [7, 11) is -1.01. The number of carbonyl (C=O) groups is 1. The maximum absolute atomic E-state index is 12.4. The third-order valence-electron chi connectivity index (χ3n) is 3.51. The lowest BCUT2D eigenvalue weighted by atomic mass is 10.2. The predicted molar refractivity (Wildman–Crippen MR) is 102 cm³/mol. The summed E-state index contributed by atoms with van der Waals surface area (Å²) in [5.41, 5.74) is 7.51. The van der Waals surface area contributed by atoms with Crippen LogP contribution in [0.15, 0.2) is 46.0 Å². The van der Waals surface area contributed by atoms with E-state index in [4.69, 9.17) is 5.73 Å². The van der Waals surface area contributed by atoms with Crippen LogP contribution in [0.25, 0.3) is 10.1 Å². The molecule has 0 aliphatic carbocycles.